The van der Waals surface area contributed by atoms with E-state index in [1.54, 1.807) is 0 Å². The Hall–Kier alpha value is -2.52. The third-order valence-electron chi connectivity index (χ3n) is 4.38. The van der Waals surface area contributed by atoms with E-state index in [2.05, 4.69) is 60.8 Å². The van der Waals surface area contributed by atoms with Crippen LogP contribution in [0.4, 0.5) is 5.69 Å². The lowest BCUT2D eigenvalue weighted by atomic mass is 10.0. The molecule has 0 unspecified atom stereocenters. The Morgan fingerprint density at radius 3 is 2.00 bits per heavy atom. The molecule has 0 bridgehead atoms. The van der Waals surface area contributed by atoms with Crippen LogP contribution in [0.15, 0.2) is 83.8 Å². The van der Waals surface area contributed by atoms with Crippen molar-refractivity contribution in [2.24, 2.45) is 0 Å². The Kier molecular flexibility index (Phi) is 7.11. The number of rotatable bonds is 8. The fourth-order valence-corrected chi connectivity index (χ4v) is 3.61. The largest absolute Gasteiger partial charge is 0.326 e. The van der Waals surface area contributed by atoms with Crippen LogP contribution in [0.3, 0.4) is 0 Å². The number of aryl methyl sites for hydroxylation is 2. The second-order valence-electron chi connectivity index (χ2n) is 6.48. The smallest absolute Gasteiger partial charge is 0.228 e. The molecule has 0 aromatic heterocycles. The van der Waals surface area contributed by atoms with E-state index >= 15 is 0 Å². The first-order chi connectivity index (χ1) is 13.2. The summed E-state index contributed by atoms with van der Waals surface area (Å²) in [6, 6.07) is 26.9. The molecule has 0 aliphatic heterocycles. The lowest BCUT2D eigenvalue weighted by Crippen LogP contribution is -2.14. The molecular weight excluding hydrogens is 350 g/mol. The number of thioether (sulfide) groups is 1. The maximum Gasteiger partial charge on any atom is 0.228 e. The number of carbonyl (C=O) groups is 1. The maximum atomic E-state index is 12.3. The second kappa shape index (κ2) is 9.98. The van der Waals surface area contributed by atoms with E-state index in [9.17, 15) is 4.79 Å². The second-order valence-corrected chi connectivity index (χ2v) is 7.82. The molecule has 3 aromatic carbocycles. The van der Waals surface area contributed by atoms with Gasteiger partial charge in [0.1, 0.15) is 0 Å². The average Bonchev–Trinajstić information content (AvgIpc) is 2.70. The summed E-state index contributed by atoms with van der Waals surface area (Å²) in [6.45, 7) is 2.14. The number of amides is 1. The first-order valence-corrected chi connectivity index (χ1v) is 10.4. The molecule has 0 aliphatic carbocycles. The van der Waals surface area contributed by atoms with E-state index in [0.29, 0.717) is 6.42 Å². The van der Waals surface area contributed by atoms with Gasteiger partial charge in [0.05, 0.1) is 6.42 Å². The van der Waals surface area contributed by atoms with Gasteiger partial charge in [0.25, 0.3) is 0 Å². The third kappa shape index (κ3) is 6.30. The number of nitrogens with one attached hydrogen (secondary N) is 1. The normalized spacial score (nSPS) is 10.6. The molecule has 27 heavy (non-hydrogen) atoms. The Bertz CT molecular complexity index is 842. The number of carbonyl (C=O) groups excluding carboxylic acids is 1. The molecule has 0 saturated heterocycles. The first-order valence-electron chi connectivity index (χ1n) is 9.37. The summed E-state index contributed by atoms with van der Waals surface area (Å²) in [5, 5.41) is 2.99. The number of hydrogen-bond donors (Lipinski definition) is 1. The fourth-order valence-electron chi connectivity index (χ4n) is 2.95. The molecule has 0 radical (unpaired) electrons. The van der Waals surface area contributed by atoms with Crippen LogP contribution in [-0.4, -0.2) is 11.7 Å². The van der Waals surface area contributed by atoms with Gasteiger partial charge >= 0.3 is 0 Å². The zero-order valence-electron chi connectivity index (χ0n) is 15.7. The first kappa shape index (κ1) is 19.2. The van der Waals surface area contributed by atoms with Crippen molar-refractivity contribution in [1.29, 1.82) is 0 Å². The standard InChI is InChI=1S/C24H25NOS/c1-2-27-23-16-12-21(13-17-23)18-24(26)25-22-14-10-20(11-15-22)9-8-19-6-4-3-5-7-19/h3-7,10-17H,2,8-9,18H2,1H3,(H,25,26). The van der Waals surface area contributed by atoms with Gasteiger partial charge in [-0.15, -0.1) is 11.8 Å². The van der Waals surface area contributed by atoms with Gasteiger partial charge in [-0.2, -0.15) is 0 Å². The molecule has 0 heterocycles. The van der Waals surface area contributed by atoms with Crippen molar-refractivity contribution in [3.05, 3.63) is 95.6 Å². The van der Waals surface area contributed by atoms with Crippen molar-refractivity contribution in [1.82, 2.24) is 0 Å². The summed E-state index contributed by atoms with van der Waals surface area (Å²) < 4.78 is 0. The number of hydrogen-bond acceptors (Lipinski definition) is 2. The van der Waals surface area contributed by atoms with E-state index in [1.807, 2.05) is 42.1 Å². The van der Waals surface area contributed by atoms with Gasteiger partial charge in [-0.3, -0.25) is 4.79 Å². The highest BCUT2D eigenvalue weighted by Gasteiger charge is 2.05. The summed E-state index contributed by atoms with van der Waals surface area (Å²) >= 11 is 1.81. The molecule has 0 spiro atoms. The van der Waals surface area contributed by atoms with Crippen molar-refractivity contribution in [2.75, 3.05) is 11.1 Å². The van der Waals surface area contributed by atoms with E-state index in [1.165, 1.54) is 16.0 Å². The summed E-state index contributed by atoms with van der Waals surface area (Å²) in [6.07, 6.45) is 2.42. The van der Waals surface area contributed by atoms with Crippen LogP contribution in [-0.2, 0) is 24.1 Å². The molecule has 3 aromatic rings. The molecule has 0 aliphatic rings. The predicted octanol–water partition coefficient (Wildman–Crippen LogP) is 5.77. The van der Waals surface area contributed by atoms with Gasteiger partial charge in [-0.1, -0.05) is 61.5 Å². The van der Waals surface area contributed by atoms with Crippen molar-refractivity contribution in [3.8, 4) is 0 Å². The van der Waals surface area contributed by atoms with Crippen molar-refractivity contribution in [3.63, 3.8) is 0 Å². The maximum absolute atomic E-state index is 12.3. The highest BCUT2D eigenvalue weighted by Crippen LogP contribution is 2.18. The van der Waals surface area contributed by atoms with E-state index in [0.717, 1.165) is 29.8 Å². The van der Waals surface area contributed by atoms with Gasteiger partial charge < -0.3 is 5.32 Å². The molecule has 1 N–H and O–H groups in total. The highest BCUT2D eigenvalue weighted by molar-refractivity contribution is 7.99. The number of benzene rings is 3. The quantitative estimate of drug-likeness (QED) is 0.507. The SMILES string of the molecule is CCSc1ccc(CC(=O)Nc2ccc(CCc3ccccc3)cc2)cc1. The van der Waals surface area contributed by atoms with Crippen molar-refractivity contribution < 1.29 is 4.79 Å². The zero-order valence-corrected chi connectivity index (χ0v) is 16.5. The highest BCUT2D eigenvalue weighted by atomic mass is 32.2. The average molecular weight is 376 g/mol. The van der Waals surface area contributed by atoms with Gasteiger partial charge in [0, 0.05) is 10.6 Å². The molecule has 1 amide bonds. The van der Waals surface area contributed by atoms with Gasteiger partial charge in [-0.25, -0.2) is 0 Å². The molecule has 0 fully saturated rings. The van der Waals surface area contributed by atoms with Crippen LogP contribution in [0.1, 0.15) is 23.6 Å². The molecule has 3 rings (SSSR count). The van der Waals surface area contributed by atoms with Crippen LogP contribution in [0.2, 0.25) is 0 Å². The Balaban J connectivity index is 1.49. The number of anilines is 1. The van der Waals surface area contributed by atoms with Crippen LogP contribution < -0.4 is 5.32 Å². The Morgan fingerprint density at radius 2 is 1.37 bits per heavy atom. The lowest BCUT2D eigenvalue weighted by Gasteiger charge is -2.08. The van der Waals surface area contributed by atoms with Crippen LogP contribution >= 0.6 is 11.8 Å². The minimum absolute atomic E-state index is 0.0166. The summed E-state index contributed by atoms with van der Waals surface area (Å²) in [5.41, 5.74) is 4.51. The summed E-state index contributed by atoms with van der Waals surface area (Å²) in [7, 11) is 0. The minimum atomic E-state index is 0.0166. The van der Waals surface area contributed by atoms with Crippen LogP contribution in [0.25, 0.3) is 0 Å². The zero-order chi connectivity index (χ0) is 18.9. The van der Waals surface area contributed by atoms with Crippen LogP contribution in [0, 0.1) is 0 Å². The molecule has 2 nitrogen and oxygen atoms in total. The Labute approximate surface area is 166 Å². The van der Waals surface area contributed by atoms with Crippen LogP contribution in [0.5, 0.6) is 0 Å². The summed E-state index contributed by atoms with van der Waals surface area (Å²) in [5.74, 6) is 1.07. The van der Waals surface area contributed by atoms with Gasteiger partial charge in [-0.05, 0) is 59.6 Å². The topological polar surface area (TPSA) is 29.1 Å². The molecule has 3 heteroatoms. The molecular formula is C24H25NOS. The van der Waals surface area contributed by atoms with Gasteiger partial charge in [0.15, 0.2) is 0 Å². The monoisotopic (exact) mass is 375 g/mol. The van der Waals surface area contributed by atoms with Gasteiger partial charge in [0.2, 0.25) is 5.91 Å². The lowest BCUT2D eigenvalue weighted by molar-refractivity contribution is -0.115. The molecule has 0 atom stereocenters. The fraction of sp³-hybridized carbons (Fsp3) is 0.208. The third-order valence-corrected chi connectivity index (χ3v) is 5.28. The van der Waals surface area contributed by atoms with E-state index < -0.39 is 0 Å². The summed E-state index contributed by atoms with van der Waals surface area (Å²) in [4.78, 5) is 13.5. The molecule has 138 valence electrons. The van der Waals surface area contributed by atoms with E-state index in [4.69, 9.17) is 0 Å². The molecule has 0 saturated carbocycles. The van der Waals surface area contributed by atoms with Crippen molar-refractivity contribution in [2.45, 2.75) is 31.1 Å². The Morgan fingerprint density at radius 1 is 0.778 bits per heavy atom. The van der Waals surface area contributed by atoms with E-state index in [-0.39, 0.29) is 5.91 Å². The predicted molar refractivity (Wildman–Crippen MR) is 115 cm³/mol. The van der Waals surface area contributed by atoms with Crippen molar-refractivity contribution >= 4 is 23.4 Å². The minimum Gasteiger partial charge on any atom is -0.326 e.